The Morgan fingerprint density at radius 2 is 2.00 bits per heavy atom. The smallest absolute Gasteiger partial charge is 0.306 e. The summed E-state index contributed by atoms with van der Waals surface area (Å²) in [6.07, 6.45) is 2.00. The molecule has 0 fully saturated rings. The highest BCUT2D eigenvalue weighted by Gasteiger charge is 2.24. The topological polar surface area (TPSA) is 75.7 Å². The van der Waals surface area contributed by atoms with Gasteiger partial charge in [0.1, 0.15) is 0 Å². The lowest BCUT2D eigenvalue weighted by Crippen LogP contribution is -2.38. The van der Waals surface area contributed by atoms with Crippen molar-refractivity contribution in [2.45, 2.75) is 46.5 Å². The molecular formula is C19H26N2O4. The molecule has 0 saturated carbocycles. The summed E-state index contributed by atoms with van der Waals surface area (Å²) in [7, 11) is 0. The number of nitrogens with zero attached hydrogens (tertiary/aromatic N) is 1. The molecule has 2 amide bonds. The van der Waals surface area contributed by atoms with E-state index < -0.39 is 0 Å². The van der Waals surface area contributed by atoms with Gasteiger partial charge in [-0.3, -0.25) is 14.4 Å². The molecule has 0 spiro atoms. The van der Waals surface area contributed by atoms with E-state index in [1.165, 1.54) is 0 Å². The third kappa shape index (κ3) is 5.05. The van der Waals surface area contributed by atoms with E-state index in [0.717, 1.165) is 24.1 Å². The zero-order valence-corrected chi connectivity index (χ0v) is 15.1. The van der Waals surface area contributed by atoms with Crippen LogP contribution >= 0.6 is 0 Å². The third-order valence-electron chi connectivity index (χ3n) is 4.11. The van der Waals surface area contributed by atoms with Crippen LogP contribution in [0.5, 0.6) is 0 Å². The number of fused-ring (bicyclic) bond motifs is 1. The van der Waals surface area contributed by atoms with Crippen LogP contribution in [-0.2, 0) is 25.5 Å². The van der Waals surface area contributed by atoms with E-state index in [9.17, 15) is 14.4 Å². The molecule has 0 bridgehead atoms. The van der Waals surface area contributed by atoms with Gasteiger partial charge in [0.25, 0.3) is 0 Å². The molecule has 1 aromatic rings. The molecule has 0 unspecified atom stereocenters. The Bertz CT molecular complexity index is 655. The largest absolute Gasteiger partial charge is 0.466 e. The normalized spacial score (nSPS) is 13.4. The van der Waals surface area contributed by atoms with E-state index in [1.807, 2.05) is 32.0 Å². The highest BCUT2D eigenvalue weighted by atomic mass is 16.5. The van der Waals surface area contributed by atoms with Crippen LogP contribution in [0, 0.1) is 5.92 Å². The van der Waals surface area contributed by atoms with Gasteiger partial charge in [0, 0.05) is 30.3 Å². The molecule has 0 saturated heterocycles. The zero-order chi connectivity index (χ0) is 18.4. The van der Waals surface area contributed by atoms with Crippen molar-refractivity contribution in [2.75, 3.05) is 23.4 Å². The van der Waals surface area contributed by atoms with Gasteiger partial charge in [-0.15, -0.1) is 0 Å². The van der Waals surface area contributed by atoms with Crippen molar-refractivity contribution >= 4 is 29.2 Å². The van der Waals surface area contributed by atoms with Gasteiger partial charge in [-0.1, -0.05) is 19.9 Å². The molecule has 0 radical (unpaired) electrons. The lowest BCUT2D eigenvalue weighted by atomic mass is 9.99. The third-order valence-corrected chi connectivity index (χ3v) is 4.11. The maximum absolute atomic E-state index is 12.4. The van der Waals surface area contributed by atoms with Crippen LogP contribution in [-0.4, -0.2) is 30.9 Å². The Balaban J connectivity index is 2.06. The lowest BCUT2D eigenvalue weighted by molar-refractivity contribution is -0.144. The maximum atomic E-state index is 12.4. The number of amides is 2. The molecule has 136 valence electrons. The highest BCUT2D eigenvalue weighted by Crippen LogP contribution is 2.31. The van der Waals surface area contributed by atoms with Crippen LogP contribution in [0.25, 0.3) is 0 Å². The van der Waals surface area contributed by atoms with Crippen LogP contribution in [0.4, 0.5) is 11.4 Å². The predicted octanol–water partition coefficient (Wildman–Crippen LogP) is 2.90. The number of aryl methyl sites for hydroxylation is 1. The minimum atomic E-state index is -0.378. The van der Waals surface area contributed by atoms with Gasteiger partial charge in [0.2, 0.25) is 11.8 Å². The van der Waals surface area contributed by atoms with Crippen LogP contribution in [0.2, 0.25) is 0 Å². The summed E-state index contributed by atoms with van der Waals surface area (Å²) >= 11 is 0. The summed E-state index contributed by atoms with van der Waals surface area (Å²) in [6, 6.07) is 5.64. The summed E-state index contributed by atoms with van der Waals surface area (Å²) in [6.45, 7) is 6.51. The molecule has 0 aliphatic carbocycles. The fourth-order valence-corrected chi connectivity index (χ4v) is 2.87. The molecule has 2 rings (SSSR count). The molecule has 6 nitrogen and oxygen atoms in total. The summed E-state index contributed by atoms with van der Waals surface area (Å²) in [5.74, 6) is -0.608. The molecule has 1 aliphatic heterocycles. The monoisotopic (exact) mass is 346 g/mol. The quantitative estimate of drug-likeness (QED) is 0.804. The van der Waals surface area contributed by atoms with E-state index in [0.29, 0.717) is 18.8 Å². The lowest BCUT2D eigenvalue weighted by Gasteiger charge is -2.31. The van der Waals surface area contributed by atoms with Crippen molar-refractivity contribution in [1.29, 1.82) is 0 Å². The Hall–Kier alpha value is -2.37. The summed E-state index contributed by atoms with van der Waals surface area (Å²) in [5.41, 5.74) is 2.62. The van der Waals surface area contributed by atoms with Crippen LogP contribution < -0.4 is 10.2 Å². The summed E-state index contributed by atoms with van der Waals surface area (Å²) < 4.78 is 4.82. The average Bonchev–Trinajstić information content (AvgIpc) is 2.59. The molecule has 25 heavy (non-hydrogen) atoms. The van der Waals surface area contributed by atoms with Crippen molar-refractivity contribution in [3.05, 3.63) is 23.8 Å². The standard InChI is InChI=1S/C19H26N2O4/c1-4-25-18(23)10-9-17(22)20-15-8-7-14-6-5-11-21(16(14)12-15)19(24)13(2)3/h7-8,12-13H,4-6,9-11H2,1-3H3,(H,20,22). The molecule has 1 aliphatic rings. The molecule has 0 atom stereocenters. The van der Waals surface area contributed by atoms with Crippen LogP contribution in [0.15, 0.2) is 18.2 Å². The van der Waals surface area contributed by atoms with Crippen molar-refractivity contribution in [2.24, 2.45) is 5.92 Å². The molecular weight excluding hydrogens is 320 g/mol. The molecule has 1 heterocycles. The Morgan fingerprint density at radius 1 is 1.24 bits per heavy atom. The second-order valence-corrected chi connectivity index (χ2v) is 6.44. The van der Waals surface area contributed by atoms with Gasteiger partial charge in [-0.05, 0) is 37.5 Å². The fourth-order valence-electron chi connectivity index (χ4n) is 2.87. The zero-order valence-electron chi connectivity index (χ0n) is 15.1. The molecule has 1 N–H and O–H groups in total. The number of benzene rings is 1. The minimum Gasteiger partial charge on any atom is -0.466 e. The highest BCUT2D eigenvalue weighted by molar-refractivity contribution is 5.98. The number of esters is 1. The number of nitrogens with one attached hydrogen (secondary N) is 1. The second-order valence-electron chi connectivity index (χ2n) is 6.44. The number of ether oxygens (including phenoxy) is 1. The van der Waals surface area contributed by atoms with Crippen molar-refractivity contribution in [3.63, 3.8) is 0 Å². The van der Waals surface area contributed by atoms with Gasteiger partial charge in [0.15, 0.2) is 0 Å². The first-order valence-electron chi connectivity index (χ1n) is 8.82. The summed E-state index contributed by atoms with van der Waals surface area (Å²) in [5, 5.41) is 2.79. The van der Waals surface area contributed by atoms with Gasteiger partial charge in [-0.25, -0.2) is 0 Å². The number of carbonyl (C=O) groups is 3. The number of anilines is 2. The van der Waals surface area contributed by atoms with Crippen LogP contribution in [0.1, 0.15) is 45.6 Å². The first kappa shape index (κ1) is 19.0. The van der Waals surface area contributed by atoms with Gasteiger partial charge >= 0.3 is 5.97 Å². The SMILES string of the molecule is CCOC(=O)CCC(=O)Nc1ccc2c(c1)N(C(=O)C(C)C)CCC2. The number of hydrogen-bond acceptors (Lipinski definition) is 4. The van der Waals surface area contributed by atoms with Crippen molar-refractivity contribution in [3.8, 4) is 0 Å². The van der Waals surface area contributed by atoms with Crippen LogP contribution in [0.3, 0.4) is 0 Å². The molecule has 0 aromatic heterocycles. The number of rotatable bonds is 6. The Kier molecular flexibility index (Phi) is 6.56. The van der Waals surface area contributed by atoms with E-state index in [1.54, 1.807) is 11.8 Å². The second kappa shape index (κ2) is 8.65. The number of hydrogen-bond donors (Lipinski definition) is 1. The van der Waals surface area contributed by atoms with Crippen molar-refractivity contribution in [1.82, 2.24) is 0 Å². The predicted molar refractivity (Wildman–Crippen MR) is 96.5 cm³/mol. The molecule has 6 heteroatoms. The fraction of sp³-hybridized carbons (Fsp3) is 0.526. The van der Waals surface area contributed by atoms with E-state index >= 15 is 0 Å². The Morgan fingerprint density at radius 3 is 2.68 bits per heavy atom. The van der Waals surface area contributed by atoms with Gasteiger partial charge < -0.3 is 15.0 Å². The Labute approximate surface area is 148 Å². The van der Waals surface area contributed by atoms with Gasteiger partial charge in [0.05, 0.1) is 13.0 Å². The first-order valence-corrected chi connectivity index (χ1v) is 8.82. The van der Waals surface area contributed by atoms with Crippen molar-refractivity contribution < 1.29 is 19.1 Å². The maximum Gasteiger partial charge on any atom is 0.306 e. The van der Waals surface area contributed by atoms with Gasteiger partial charge in [-0.2, -0.15) is 0 Å². The minimum absolute atomic E-state index is 0.0581. The summed E-state index contributed by atoms with van der Waals surface area (Å²) in [4.78, 5) is 37.6. The van der Waals surface area contributed by atoms with E-state index in [4.69, 9.17) is 4.74 Å². The van der Waals surface area contributed by atoms with E-state index in [2.05, 4.69) is 5.32 Å². The average molecular weight is 346 g/mol. The number of carbonyl (C=O) groups excluding carboxylic acids is 3. The van der Waals surface area contributed by atoms with E-state index in [-0.39, 0.29) is 36.5 Å². The first-order chi connectivity index (χ1) is 11.9. The molecule has 1 aromatic carbocycles.